The number of carbonyl (C=O) groups is 2. The maximum Gasteiger partial charge on any atom is 0.320 e. The zero-order valence-electron chi connectivity index (χ0n) is 13.7. The number of allylic oxidation sites excluding steroid dienone is 1. The Morgan fingerprint density at radius 2 is 1.68 bits per heavy atom. The summed E-state index contributed by atoms with van der Waals surface area (Å²) in [5.41, 5.74) is 5.40. The minimum absolute atomic E-state index is 0.0918. The molecule has 0 heterocycles. The quantitative estimate of drug-likeness (QED) is 0.320. The largest absolute Gasteiger partial charge is 0.480 e. The van der Waals surface area contributed by atoms with Gasteiger partial charge in [0.15, 0.2) is 0 Å². The summed E-state index contributed by atoms with van der Waals surface area (Å²) < 4.78 is 0. The molecule has 0 aromatic carbocycles. The van der Waals surface area contributed by atoms with Crippen LogP contribution in [0.3, 0.4) is 0 Å². The van der Waals surface area contributed by atoms with Gasteiger partial charge in [-0.1, -0.05) is 31.8 Å². The van der Waals surface area contributed by atoms with E-state index in [9.17, 15) is 9.59 Å². The van der Waals surface area contributed by atoms with E-state index in [-0.39, 0.29) is 5.91 Å². The molecule has 4 N–H and O–H groups in total. The van der Waals surface area contributed by atoms with Crippen molar-refractivity contribution in [3.8, 4) is 0 Å². The van der Waals surface area contributed by atoms with E-state index in [0.29, 0.717) is 19.4 Å². The van der Waals surface area contributed by atoms with Crippen molar-refractivity contribution in [1.82, 2.24) is 5.32 Å². The van der Waals surface area contributed by atoms with E-state index in [2.05, 4.69) is 11.9 Å². The fourth-order valence-corrected chi connectivity index (χ4v) is 2.21. The van der Waals surface area contributed by atoms with Gasteiger partial charge in [0.2, 0.25) is 5.91 Å². The highest BCUT2D eigenvalue weighted by Gasteiger charge is 2.10. The molecule has 0 saturated carbocycles. The van der Waals surface area contributed by atoms with Crippen LogP contribution in [0.15, 0.2) is 12.7 Å². The average molecular weight is 312 g/mol. The second-order valence-corrected chi connectivity index (χ2v) is 5.74. The smallest absolute Gasteiger partial charge is 0.320 e. The van der Waals surface area contributed by atoms with Crippen LogP contribution in [0.4, 0.5) is 0 Å². The maximum absolute atomic E-state index is 11.6. The molecule has 0 saturated heterocycles. The molecule has 0 fully saturated rings. The number of unbranched alkanes of at least 4 members (excludes halogenated alkanes) is 7. The number of aliphatic carboxylic acids is 1. The van der Waals surface area contributed by atoms with Gasteiger partial charge in [-0.2, -0.15) is 0 Å². The molecule has 0 radical (unpaired) electrons. The zero-order valence-corrected chi connectivity index (χ0v) is 13.7. The molecule has 0 aromatic heterocycles. The third-order valence-electron chi connectivity index (χ3n) is 3.64. The number of carboxylic acid groups (broad SMARTS) is 1. The third kappa shape index (κ3) is 13.6. The number of carbonyl (C=O) groups excluding carboxylic acids is 1. The van der Waals surface area contributed by atoms with Crippen molar-refractivity contribution >= 4 is 11.9 Å². The first-order valence-corrected chi connectivity index (χ1v) is 8.44. The van der Waals surface area contributed by atoms with Gasteiger partial charge in [0.25, 0.3) is 0 Å². The van der Waals surface area contributed by atoms with Crippen LogP contribution < -0.4 is 11.1 Å². The topological polar surface area (TPSA) is 92.4 Å². The van der Waals surface area contributed by atoms with E-state index in [0.717, 1.165) is 32.1 Å². The Labute approximate surface area is 134 Å². The van der Waals surface area contributed by atoms with Crippen molar-refractivity contribution in [3.05, 3.63) is 12.7 Å². The minimum Gasteiger partial charge on any atom is -0.480 e. The summed E-state index contributed by atoms with van der Waals surface area (Å²) in [6, 6.07) is -0.790. The van der Waals surface area contributed by atoms with Crippen LogP contribution in [0.1, 0.15) is 70.6 Å². The summed E-state index contributed by atoms with van der Waals surface area (Å²) >= 11 is 0. The fourth-order valence-electron chi connectivity index (χ4n) is 2.21. The minimum atomic E-state index is -0.964. The molecule has 0 spiro atoms. The molecule has 0 unspecified atom stereocenters. The molecule has 22 heavy (non-hydrogen) atoms. The predicted octanol–water partition coefficient (Wildman–Crippen LogP) is 2.99. The molecule has 0 aliphatic rings. The lowest BCUT2D eigenvalue weighted by molar-refractivity contribution is -0.138. The van der Waals surface area contributed by atoms with E-state index >= 15 is 0 Å². The van der Waals surface area contributed by atoms with Crippen molar-refractivity contribution in [2.75, 3.05) is 6.54 Å². The number of hydrogen-bond donors (Lipinski definition) is 3. The summed E-state index contributed by atoms with van der Waals surface area (Å²) in [6.45, 7) is 4.31. The van der Waals surface area contributed by atoms with Gasteiger partial charge in [0.1, 0.15) is 6.04 Å². The Kier molecular flexibility index (Phi) is 13.7. The number of rotatable bonds is 15. The Bertz CT molecular complexity index is 319. The van der Waals surface area contributed by atoms with E-state index in [1.54, 1.807) is 0 Å². The SMILES string of the molecule is C=CCCCCCCCCC(=O)NCCCC[C@H](N)C(=O)O. The zero-order chi connectivity index (χ0) is 16.6. The van der Waals surface area contributed by atoms with Crippen LogP contribution in [0.25, 0.3) is 0 Å². The van der Waals surface area contributed by atoms with Gasteiger partial charge in [-0.05, 0) is 38.5 Å². The summed E-state index contributed by atoms with van der Waals surface area (Å²) in [7, 11) is 0. The van der Waals surface area contributed by atoms with E-state index in [1.165, 1.54) is 25.7 Å². The molecular weight excluding hydrogens is 280 g/mol. The average Bonchev–Trinajstić information content (AvgIpc) is 2.49. The first kappa shape index (κ1) is 20.6. The molecular formula is C17H32N2O3. The van der Waals surface area contributed by atoms with Crippen LogP contribution in [0.5, 0.6) is 0 Å². The Morgan fingerprint density at radius 3 is 2.32 bits per heavy atom. The van der Waals surface area contributed by atoms with Gasteiger partial charge in [-0.25, -0.2) is 0 Å². The second kappa shape index (κ2) is 14.6. The molecule has 0 aliphatic carbocycles. The number of hydrogen-bond acceptors (Lipinski definition) is 3. The Morgan fingerprint density at radius 1 is 1.05 bits per heavy atom. The summed E-state index contributed by atoms with van der Waals surface area (Å²) in [6.07, 6.45) is 12.5. The Hall–Kier alpha value is -1.36. The normalized spacial score (nSPS) is 11.9. The number of amides is 1. The molecule has 0 aliphatic heterocycles. The number of carboxylic acids is 1. The van der Waals surface area contributed by atoms with Gasteiger partial charge in [-0.3, -0.25) is 9.59 Å². The van der Waals surface area contributed by atoms with Gasteiger partial charge in [-0.15, -0.1) is 6.58 Å². The van der Waals surface area contributed by atoms with Gasteiger partial charge < -0.3 is 16.2 Å². The van der Waals surface area contributed by atoms with Crippen LogP contribution in [0, 0.1) is 0 Å². The predicted molar refractivity (Wildman–Crippen MR) is 89.6 cm³/mol. The first-order chi connectivity index (χ1) is 10.6. The van der Waals surface area contributed by atoms with Crippen LogP contribution in [-0.4, -0.2) is 29.6 Å². The summed E-state index contributed by atoms with van der Waals surface area (Å²) in [5, 5.41) is 11.5. The van der Waals surface area contributed by atoms with Crippen molar-refractivity contribution < 1.29 is 14.7 Å². The van der Waals surface area contributed by atoms with Crippen LogP contribution >= 0.6 is 0 Å². The third-order valence-corrected chi connectivity index (χ3v) is 3.64. The maximum atomic E-state index is 11.6. The lowest BCUT2D eigenvalue weighted by Gasteiger charge is -2.07. The van der Waals surface area contributed by atoms with Crippen molar-refractivity contribution in [3.63, 3.8) is 0 Å². The van der Waals surface area contributed by atoms with Gasteiger partial charge >= 0.3 is 5.97 Å². The lowest BCUT2D eigenvalue weighted by atomic mass is 10.1. The molecule has 128 valence electrons. The fraction of sp³-hybridized carbons (Fsp3) is 0.765. The highest BCUT2D eigenvalue weighted by molar-refractivity contribution is 5.75. The molecule has 0 rings (SSSR count). The number of nitrogens with two attached hydrogens (primary N) is 1. The highest BCUT2D eigenvalue weighted by atomic mass is 16.4. The standard InChI is InChI=1S/C17H32N2O3/c1-2-3-4-5-6-7-8-9-13-16(20)19-14-11-10-12-15(18)17(21)22/h2,15H,1,3-14,18H2,(H,19,20)(H,21,22)/t15-/m0/s1. The molecule has 5 heteroatoms. The monoisotopic (exact) mass is 312 g/mol. The molecule has 0 bridgehead atoms. The lowest BCUT2D eigenvalue weighted by Crippen LogP contribution is -2.30. The number of nitrogens with one attached hydrogen (secondary N) is 1. The van der Waals surface area contributed by atoms with E-state index < -0.39 is 12.0 Å². The van der Waals surface area contributed by atoms with E-state index in [4.69, 9.17) is 10.8 Å². The molecule has 0 aromatic rings. The van der Waals surface area contributed by atoms with Crippen molar-refractivity contribution in [2.45, 2.75) is 76.7 Å². The molecule has 1 atom stereocenters. The Balaban J connectivity index is 3.29. The van der Waals surface area contributed by atoms with Gasteiger partial charge in [0, 0.05) is 13.0 Å². The van der Waals surface area contributed by atoms with Crippen LogP contribution in [-0.2, 0) is 9.59 Å². The van der Waals surface area contributed by atoms with Crippen molar-refractivity contribution in [2.24, 2.45) is 5.73 Å². The first-order valence-electron chi connectivity index (χ1n) is 8.44. The second-order valence-electron chi connectivity index (χ2n) is 5.74. The summed E-state index contributed by atoms with van der Waals surface area (Å²) in [5.74, 6) is -0.872. The van der Waals surface area contributed by atoms with E-state index in [1.807, 2.05) is 6.08 Å². The van der Waals surface area contributed by atoms with Crippen molar-refractivity contribution in [1.29, 1.82) is 0 Å². The van der Waals surface area contributed by atoms with Crippen LogP contribution in [0.2, 0.25) is 0 Å². The molecule has 5 nitrogen and oxygen atoms in total. The highest BCUT2D eigenvalue weighted by Crippen LogP contribution is 2.08. The summed E-state index contributed by atoms with van der Waals surface area (Å²) in [4.78, 5) is 22.1. The van der Waals surface area contributed by atoms with Gasteiger partial charge in [0.05, 0.1) is 0 Å². The molecule has 1 amide bonds.